The predicted octanol–water partition coefficient (Wildman–Crippen LogP) is 15.6. The molecule has 0 rings (SSSR count). The van der Waals surface area contributed by atoms with Crippen molar-refractivity contribution in [1.29, 1.82) is 0 Å². The summed E-state index contributed by atoms with van der Waals surface area (Å²) in [6, 6.07) is -0.626. The van der Waals surface area contributed by atoms with Gasteiger partial charge < -0.3 is 23.8 Å². The summed E-state index contributed by atoms with van der Waals surface area (Å²) in [6.45, 7) is 4.59. The highest BCUT2D eigenvalue weighted by atomic mass is 16.6. The molecule has 0 amide bonds. The zero-order valence-corrected chi connectivity index (χ0v) is 43.1. The van der Waals surface area contributed by atoms with Gasteiger partial charge in [0.05, 0.1) is 34.4 Å². The number of carbonyl (C=O) groups is 3. The van der Waals surface area contributed by atoms with E-state index in [1.165, 1.54) is 96.3 Å². The van der Waals surface area contributed by atoms with E-state index >= 15 is 0 Å². The molecule has 1 N–H and O–H groups in total. The van der Waals surface area contributed by atoms with Crippen molar-refractivity contribution >= 4 is 17.9 Å². The number of hydrogen-bond donors (Lipinski definition) is 1. The lowest BCUT2D eigenvalue weighted by Crippen LogP contribution is -2.50. The first-order valence-electron chi connectivity index (χ1n) is 26.6. The van der Waals surface area contributed by atoms with Gasteiger partial charge in [-0.3, -0.25) is 9.59 Å². The molecule has 0 radical (unpaired) electrons. The standard InChI is InChI=1S/C58H99NO7/c1-6-8-10-12-14-16-18-20-22-24-26-28-29-31-32-34-36-38-40-42-44-46-48-56(60)65-53-54(52-64-51-50-55(58(62)63)59(3,4)5)66-57(61)49-47-45-43-41-39-37-35-33-30-27-25-23-21-19-17-15-13-11-9-7-2/h8,10,14,16,20,22,26-28,30-32,36,38,54-55H,6-7,9,11-13,15,17-19,21,23-25,29,33-35,37,39-53H2,1-5H3/p+1/b10-8+,16-14+,22-20+,28-26+,30-27+,32-31+,38-36+. The molecule has 0 heterocycles. The van der Waals surface area contributed by atoms with E-state index < -0.39 is 18.1 Å². The number of quaternary nitrogens is 1. The van der Waals surface area contributed by atoms with E-state index in [-0.39, 0.29) is 36.2 Å². The van der Waals surface area contributed by atoms with Crippen LogP contribution in [0, 0.1) is 0 Å². The molecule has 0 bridgehead atoms. The second-order valence-corrected chi connectivity index (χ2v) is 18.7. The first kappa shape index (κ1) is 62.5. The van der Waals surface area contributed by atoms with Crippen molar-refractivity contribution in [3.63, 3.8) is 0 Å². The predicted molar refractivity (Wildman–Crippen MR) is 280 cm³/mol. The van der Waals surface area contributed by atoms with Crippen molar-refractivity contribution in [2.45, 2.75) is 225 Å². The van der Waals surface area contributed by atoms with E-state index in [4.69, 9.17) is 14.2 Å². The van der Waals surface area contributed by atoms with E-state index in [1.807, 2.05) is 21.1 Å². The van der Waals surface area contributed by atoms with Gasteiger partial charge in [-0.25, -0.2) is 4.79 Å². The Morgan fingerprint density at radius 2 is 0.848 bits per heavy atom. The zero-order valence-electron chi connectivity index (χ0n) is 43.1. The Morgan fingerprint density at radius 3 is 1.29 bits per heavy atom. The van der Waals surface area contributed by atoms with E-state index in [0.29, 0.717) is 19.3 Å². The number of carbonyl (C=O) groups excluding carboxylic acids is 2. The number of aliphatic carboxylic acids is 1. The SMILES string of the molecule is CC/C=C/C/C=C/C/C=C/C/C=C/C/C=C/C/C=C/CCCCCC(=O)OCC(COCCC(C(=O)O)[N+](C)(C)C)OC(=O)CCCCCCCCC/C=C/CCCCCCCCCCC. The van der Waals surface area contributed by atoms with E-state index in [1.54, 1.807) is 0 Å². The van der Waals surface area contributed by atoms with Gasteiger partial charge in [0.2, 0.25) is 0 Å². The number of carboxylic acids is 1. The molecule has 0 aliphatic heterocycles. The summed E-state index contributed by atoms with van der Waals surface area (Å²) in [5, 5.41) is 9.66. The fourth-order valence-corrected chi connectivity index (χ4v) is 7.44. The van der Waals surface area contributed by atoms with Gasteiger partial charge in [0.1, 0.15) is 6.61 Å². The van der Waals surface area contributed by atoms with Gasteiger partial charge in [-0.15, -0.1) is 0 Å². The van der Waals surface area contributed by atoms with Crippen LogP contribution in [0.1, 0.15) is 213 Å². The fraction of sp³-hybridized carbons (Fsp3) is 0.707. The monoisotopic (exact) mass is 923 g/mol. The van der Waals surface area contributed by atoms with E-state index in [2.05, 4.69) is 98.9 Å². The van der Waals surface area contributed by atoms with Crippen LogP contribution in [-0.4, -0.2) is 80.6 Å². The van der Waals surface area contributed by atoms with Crippen molar-refractivity contribution < 1.29 is 38.2 Å². The van der Waals surface area contributed by atoms with Gasteiger partial charge >= 0.3 is 17.9 Å². The lowest BCUT2D eigenvalue weighted by atomic mass is 10.1. The Bertz CT molecular complexity index is 1350. The van der Waals surface area contributed by atoms with Gasteiger partial charge in [0.25, 0.3) is 0 Å². The quantitative estimate of drug-likeness (QED) is 0.0281. The van der Waals surface area contributed by atoms with Crippen LogP contribution in [0.5, 0.6) is 0 Å². The average Bonchev–Trinajstić information content (AvgIpc) is 3.28. The van der Waals surface area contributed by atoms with Crippen LogP contribution in [0.4, 0.5) is 0 Å². The second kappa shape index (κ2) is 48.0. The number of esters is 2. The normalized spacial score (nSPS) is 13.5. The molecule has 0 aliphatic carbocycles. The summed E-state index contributed by atoms with van der Waals surface area (Å²) in [6.07, 6.45) is 63.5. The van der Waals surface area contributed by atoms with Crippen molar-refractivity contribution in [1.82, 2.24) is 0 Å². The number of likely N-dealkylation sites (N-methyl/N-ethyl adjacent to an activating group) is 1. The van der Waals surface area contributed by atoms with Gasteiger partial charge in [-0.1, -0.05) is 189 Å². The van der Waals surface area contributed by atoms with Gasteiger partial charge in [-0.2, -0.15) is 0 Å². The van der Waals surface area contributed by atoms with Crippen molar-refractivity contribution in [3.05, 3.63) is 85.1 Å². The summed E-state index contributed by atoms with van der Waals surface area (Å²) < 4.78 is 17.3. The summed E-state index contributed by atoms with van der Waals surface area (Å²) in [4.78, 5) is 37.2. The van der Waals surface area contributed by atoms with Crippen molar-refractivity contribution in [2.24, 2.45) is 0 Å². The molecular formula is C58H100NO7+. The highest BCUT2D eigenvalue weighted by Gasteiger charge is 2.31. The van der Waals surface area contributed by atoms with Crippen LogP contribution in [0.2, 0.25) is 0 Å². The number of unbranched alkanes of at least 4 members (excludes halogenated alkanes) is 19. The number of nitrogens with zero attached hydrogens (tertiary/aromatic N) is 1. The maximum atomic E-state index is 12.8. The molecule has 0 aliphatic rings. The largest absolute Gasteiger partial charge is 0.477 e. The molecule has 66 heavy (non-hydrogen) atoms. The number of ether oxygens (including phenoxy) is 3. The molecular weight excluding hydrogens is 823 g/mol. The van der Waals surface area contributed by atoms with E-state index in [9.17, 15) is 19.5 Å². The first-order chi connectivity index (χ1) is 32.1. The number of allylic oxidation sites excluding steroid dienone is 14. The third kappa shape index (κ3) is 45.7. The Balaban J connectivity index is 4.32. The zero-order chi connectivity index (χ0) is 48.4. The molecule has 2 unspecified atom stereocenters. The second-order valence-electron chi connectivity index (χ2n) is 18.7. The number of carboxylic acid groups (broad SMARTS) is 1. The van der Waals surface area contributed by atoms with Gasteiger partial charge in [-0.05, 0) is 89.9 Å². The molecule has 0 aromatic carbocycles. The Morgan fingerprint density at radius 1 is 0.470 bits per heavy atom. The molecule has 0 saturated carbocycles. The molecule has 8 heteroatoms. The maximum absolute atomic E-state index is 12.8. The lowest BCUT2D eigenvalue weighted by molar-refractivity contribution is -0.887. The summed E-state index contributed by atoms with van der Waals surface area (Å²) in [5.41, 5.74) is 0. The third-order valence-corrected chi connectivity index (χ3v) is 11.5. The molecule has 378 valence electrons. The fourth-order valence-electron chi connectivity index (χ4n) is 7.44. The highest BCUT2D eigenvalue weighted by Crippen LogP contribution is 2.14. The van der Waals surface area contributed by atoms with Crippen LogP contribution < -0.4 is 0 Å². The first-order valence-corrected chi connectivity index (χ1v) is 26.6. The summed E-state index contributed by atoms with van der Waals surface area (Å²) >= 11 is 0. The Hall–Kier alpha value is -3.49. The van der Waals surface area contributed by atoms with Gasteiger partial charge in [0, 0.05) is 19.3 Å². The average molecular weight is 923 g/mol. The molecule has 8 nitrogen and oxygen atoms in total. The highest BCUT2D eigenvalue weighted by molar-refractivity contribution is 5.72. The van der Waals surface area contributed by atoms with Gasteiger partial charge in [0.15, 0.2) is 12.1 Å². The smallest absolute Gasteiger partial charge is 0.362 e. The minimum atomic E-state index is -0.882. The molecule has 0 saturated heterocycles. The summed E-state index contributed by atoms with van der Waals surface area (Å²) in [5.74, 6) is -1.52. The van der Waals surface area contributed by atoms with E-state index in [0.717, 1.165) is 83.5 Å². The molecule has 0 aromatic heterocycles. The van der Waals surface area contributed by atoms with Crippen molar-refractivity contribution in [2.75, 3.05) is 41.0 Å². The molecule has 0 aromatic rings. The molecule has 2 atom stereocenters. The van der Waals surface area contributed by atoms with Crippen LogP contribution in [0.25, 0.3) is 0 Å². The Labute approximate surface area is 405 Å². The minimum Gasteiger partial charge on any atom is -0.477 e. The third-order valence-electron chi connectivity index (χ3n) is 11.5. The lowest BCUT2D eigenvalue weighted by Gasteiger charge is -2.31. The van der Waals surface area contributed by atoms with Crippen molar-refractivity contribution in [3.8, 4) is 0 Å². The Kier molecular flexibility index (Phi) is 45.4. The van der Waals surface area contributed by atoms with Crippen LogP contribution >= 0.6 is 0 Å². The minimum absolute atomic E-state index is 0.0445. The topological polar surface area (TPSA) is 99.1 Å². The maximum Gasteiger partial charge on any atom is 0.362 e. The van der Waals surface area contributed by atoms with Crippen LogP contribution in [-0.2, 0) is 28.6 Å². The molecule has 0 spiro atoms. The summed E-state index contributed by atoms with van der Waals surface area (Å²) in [7, 11) is 5.52. The van der Waals surface area contributed by atoms with Crippen LogP contribution in [0.15, 0.2) is 85.1 Å². The number of rotatable bonds is 47. The van der Waals surface area contributed by atoms with Crippen LogP contribution in [0.3, 0.4) is 0 Å². The molecule has 0 fully saturated rings. The number of hydrogen-bond acceptors (Lipinski definition) is 6.